The Labute approximate surface area is 115 Å². The van der Waals surface area contributed by atoms with Gasteiger partial charge in [-0.05, 0) is 18.6 Å². The van der Waals surface area contributed by atoms with Gasteiger partial charge in [-0.1, -0.05) is 41.9 Å². The molecule has 0 radical (unpaired) electrons. The Hall–Kier alpha value is -2.07. The molecule has 2 aromatic rings. The van der Waals surface area contributed by atoms with E-state index in [1.165, 1.54) is 18.2 Å². The molecular formula is C14H12ClNO3. The molecule has 2 rings (SSSR count). The van der Waals surface area contributed by atoms with Crippen molar-refractivity contribution in [2.75, 3.05) is 0 Å². The predicted octanol–water partition coefficient (Wildman–Crippen LogP) is 4.39. The number of benzene rings is 2. The molecule has 0 bridgehead atoms. The summed E-state index contributed by atoms with van der Waals surface area (Å²) in [5, 5.41) is 11.3. The van der Waals surface area contributed by atoms with Gasteiger partial charge in [0.1, 0.15) is 6.10 Å². The van der Waals surface area contributed by atoms with Crippen LogP contribution in [0.1, 0.15) is 18.6 Å². The van der Waals surface area contributed by atoms with Crippen molar-refractivity contribution >= 4 is 17.3 Å². The Bertz CT molecular complexity index is 586. The summed E-state index contributed by atoms with van der Waals surface area (Å²) < 4.78 is 5.65. The van der Waals surface area contributed by atoms with Crippen molar-refractivity contribution in [3.05, 3.63) is 69.2 Å². The van der Waals surface area contributed by atoms with E-state index in [4.69, 9.17) is 16.3 Å². The highest BCUT2D eigenvalue weighted by atomic mass is 35.5. The molecule has 1 unspecified atom stereocenters. The lowest BCUT2D eigenvalue weighted by Gasteiger charge is -2.15. The van der Waals surface area contributed by atoms with Crippen molar-refractivity contribution in [1.82, 2.24) is 0 Å². The first-order valence-electron chi connectivity index (χ1n) is 5.73. The largest absolute Gasteiger partial charge is 0.479 e. The van der Waals surface area contributed by atoms with Crippen LogP contribution in [0.25, 0.3) is 0 Å². The molecule has 0 aliphatic heterocycles. The van der Waals surface area contributed by atoms with Crippen molar-refractivity contribution in [2.24, 2.45) is 0 Å². The third kappa shape index (κ3) is 3.23. The van der Waals surface area contributed by atoms with Crippen LogP contribution in [-0.2, 0) is 0 Å². The van der Waals surface area contributed by atoms with Gasteiger partial charge in [-0.25, -0.2) is 0 Å². The summed E-state index contributed by atoms with van der Waals surface area (Å²) in [5.74, 6) is 0.175. The first-order chi connectivity index (χ1) is 9.08. The first kappa shape index (κ1) is 13.4. The molecule has 4 nitrogen and oxygen atoms in total. The Morgan fingerprint density at radius 3 is 2.53 bits per heavy atom. The van der Waals surface area contributed by atoms with Crippen LogP contribution in [0.2, 0.25) is 5.02 Å². The molecule has 5 heteroatoms. The molecule has 19 heavy (non-hydrogen) atoms. The van der Waals surface area contributed by atoms with E-state index in [-0.39, 0.29) is 17.5 Å². The van der Waals surface area contributed by atoms with Gasteiger partial charge < -0.3 is 4.74 Å². The van der Waals surface area contributed by atoms with Crippen molar-refractivity contribution in [2.45, 2.75) is 13.0 Å². The quantitative estimate of drug-likeness (QED) is 0.615. The Morgan fingerprint density at radius 2 is 1.89 bits per heavy atom. The van der Waals surface area contributed by atoms with Gasteiger partial charge in [0.25, 0.3) is 0 Å². The number of hydrogen-bond donors (Lipinski definition) is 0. The second-order valence-corrected chi connectivity index (χ2v) is 4.48. The number of nitro groups is 1. The first-order valence-corrected chi connectivity index (χ1v) is 6.11. The molecule has 0 aromatic heterocycles. The van der Waals surface area contributed by atoms with Crippen LogP contribution < -0.4 is 4.74 Å². The highest BCUT2D eigenvalue weighted by molar-refractivity contribution is 6.30. The van der Waals surface area contributed by atoms with E-state index in [9.17, 15) is 10.1 Å². The maximum atomic E-state index is 10.9. The standard InChI is InChI=1S/C14H12ClNO3/c1-10(11-5-3-2-4-6-11)19-14-9-12(15)7-8-13(14)16(17)18/h2-10H,1H3. The lowest BCUT2D eigenvalue weighted by molar-refractivity contribution is -0.386. The summed E-state index contributed by atoms with van der Waals surface area (Å²) in [4.78, 5) is 10.5. The molecule has 0 saturated carbocycles. The van der Waals surface area contributed by atoms with E-state index in [0.717, 1.165) is 5.56 Å². The third-order valence-electron chi connectivity index (χ3n) is 2.69. The van der Waals surface area contributed by atoms with E-state index in [1.807, 2.05) is 37.3 Å². The normalized spacial score (nSPS) is 11.9. The number of hydrogen-bond acceptors (Lipinski definition) is 3. The number of ether oxygens (including phenoxy) is 1. The predicted molar refractivity (Wildman–Crippen MR) is 73.6 cm³/mol. The third-order valence-corrected chi connectivity index (χ3v) is 2.93. The molecule has 0 aliphatic carbocycles. The fraction of sp³-hybridized carbons (Fsp3) is 0.143. The molecule has 98 valence electrons. The van der Waals surface area contributed by atoms with Crippen LogP contribution in [-0.4, -0.2) is 4.92 Å². The zero-order valence-corrected chi connectivity index (χ0v) is 11.0. The Morgan fingerprint density at radius 1 is 1.21 bits per heavy atom. The van der Waals surface area contributed by atoms with Gasteiger partial charge >= 0.3 is 5.69 Å². The molecule has 2 aromatic carbocycles. The molecule has 0 saturated heterocycles. The summed E-state index contributed by atoms with van der Waals surface area (Å²) in [5.41, 5.74) is 0.851. The molecule has 0 N–H and O–H groups in total. The molecule has 0 amide bonds. The summed E-state index contributed by atoms with van der Waals surface area (Å²) in [6, 6.07) is 13.8. The number of nitrogens with zero attached hydrogens (tertiary/aromatic N) is 1. The Balaban J connectivity index is 2.28. The van der Waals surface area contributed by atoms with Crippen LogP contribution in [0.4, 0.5) is 5.69 Å². The van der Waals surface area contributed by atoms with Gasteiger partial charge in [0.2, 0.25) is 0 Å². The highest BCUT2D eigenvalue weighted by Gasteiger charge is 2.18. The second kappa shape index (κ2) is 5.71. The average Bonchev–Trinajstić information content (AvgIpc) is 2.39. The number of rotatable bonds is 4. The van der Waals surface area contributed by atoms with Gasteiger partial charge in [-0.2, -0.15) is 0 Å². The average molecular weight is 278 g/mol. The van der Waals surface area contributed by atoms with Crippen LogP contribution >= 0.6 is 11.6 Å². The molecule has 0 heterocycles. The van der Waals surface area contributed by atoms with Crippen molar-refractivity contribution < 1.29 is 9.66 Å². The van der Waals surface area contributed by atoms with Gasteiger partial charge in [-0.3, -0.25) is 10.1 Å². The fourth-order valence-corrected chi connectivity index (χ4v) is 1.88. The topological polar surface area (TPSA) is 52.4 Å². The minimum absolute atomic E-state index is 0.0906. The summed E-state index contributed by atoms with van der Waals surface area (Å²) >= 11 is 5.85. The molecule has 0 spiro atoms. The SMILES string of the molecule is CC(Oc1cc(Cl)ccc1[N+](=O)[O-])c1ccccc1. The lowest BCUT2D eigenvalue weighted by atomic mass is 10.1. The minimum Gasteiger partial charge on any atom is -0.479 e. The molecule has 1 atom stereocenters. The monoisotopic (exact) mass is 277 g/mol. The van der Waals surface area contributed by atoms with Gasteiger partial charge in [0.05, 0.1) is 4.92 Å². The van der Waals surface area contributed by atoms with Crippen LogP contribution in [0.3, 0.4) is 0 Å². The van der Waals surface area contributed by atoms with Crippen LogP contribution in [0.15, 0.2) is 48.5 Å². The van der Waals surface area contributed by atoms with Gasteiger partial charge in [0.15, 0.2) is 5.75 Å². The zero-order valence-electron chi connectivity index (χ0n) is 10.2. The van der Waals surface area contributed by atoms with E-state index in [2.05, 4.69) is 0 Å². The molecule has 0 fully saturated rings. The summed E-state index contributed by atoms with van der Waals surface area (Å²) in [6.45, 7) is 1.83. The number of nitro benzene ring substituents is 1. The Kier molecular flexibility index (Phi) is 4.02. The van der Waals surface area contributed by atoms with E-state index in [1.54, 1.807) is 0 Å². The van der Waals surface area contributed by atoms with Crippen LogP contribution in [0, 0.1) is 10.1 Å². The van der Waals surface area contributed by atoms with Crippen molar-refractivity contribution in [1.29, 1.82) is 0 Å². The molecule has 0 aliphatic rings. The lowest BCUT2D eigenvalue weighted by Crippen LogP contribution is -2.04. The second-order valence-electron chi connectivity index (χ2n) is 4.04. The van der Waals surface area contributed by atoms with E-state index < -0.39 is 4.92 Å². The van der Waals surface area contributed by atoms with E-state index in [0.29, 0.717) is 5.02 Å². The highest BCUT2D eigenvalue weighted by Crippen LogP contribution is 2.33. The fourth-order valence-electron chi connectivity index (χ4n) is 1.72. The zero-order chi connectivity index (χ0) is 13.8. The summed E-state index contributed by atoms with van der Waals surface area (Å²) in [6.07, 6.45) is -0.293. The number of halogens is 1. The summed E-state index contributed by atoms with van der Waals surface area (Å²) in [7, 11) is 0. The van der Waals surface area contributed by atoms with Gasteiger partial charge in [0, 0.05) is 17.2 Å². The molecular weight excluding hydrogens is 266 g/mol. The van der Waals surface area contributed by atoms with Crippen molar-refractivity contribution in [3.8, 4) is 5.75 Å². The minimum atomic E-state index is -0.483. The maximum absolute atomic E-state index is 10.9. The maximum Gasteiger partial charge on any atom is 0.311 e. The van der Waals surface area contributed by atoms with E-state index >= 15 is 0 Å². The smallest absolute Gasteiger partial charge is 0.311 e. The van der Waals surface area contributed by atoms with Crippen molar-refractivity contribution in [3.63, 3.8) is 0 Å². The van der Waals surface area contributed by atoms with Gasteiger partial charge in [-0.15, -0.1) is 0 Å². The van der Waals surface area contributed by atoms with Crippen LogP contribution in [0.5, 0.6) is 5.75 Å².